The van der Waals surface area contributed by atoms with E-state index in [0.29, 0.717) is 6.54 Å². The maximum absolute atomic E-state index is 11.0. The largest absolute Gasteiger partial charge is 0.348 e. The van der Waals surface area contributed by atoms with E-state index in [1.165, 1.54) is 6.08 Å². The Labute approximate surface area is 87.3 Å². The highest BCUT2D eigenvalue weighted by Gasteiger charge is 1.97. The Morgan fingerprint density at radius 1 is 1.60 bits per heavy atom. The molecule has 0 aliphatic carbocycles. The summed E-state index contributed by atoms with van der Waals surface area (Å²) in [6, 6.07) is 3.92. The van der Waals surface area contributed by atoms with Crippen LogP contribution < -0.4 is 5.32 Å². The van der Waals surface area contributed by atoms with E-state index in [2.05, 4.69) is 16.9 Å². The number of carbonyl (C=O) groups is 1. The van der Waals surface area contributed by atoms with Crippen LogP contribution in [0.25, 0.3) is 5.52 Å². The van der Waals surface area contributed by atoms with Crippen molar-refractivity contribution in [2.24, 2.45) is 0 Å². The van der Waals surface area contributed by atoms with Crippen LogP contribution in [0.15, 0.2) is 43.5 Å². The first-order chi connectivity index (χ1) is 7.29. The summed E-state index contributed by atoms with van der Waals surface area (Å²) < 4.78 is 1.91. The maximum atomic E-state index is 11.0. The number of hydrogen-bond donors (Lipinski definition) is 1. The summed E-state index contributed by atoms with van der Waals surface area (Å²) in [6.45, 7) is 3.89. The standard InChI is InChI=1S/C11H11N3O/c1-2-11(15)13-5-9-3-4-10-6-12-8-14(10)7-9/h2-4,6-8H,1,5H2,(H,13,15). The highest BCUT2D eigenvalue weighted by Crippen LogP contribution is 2.05. The summed E-state index contributed by atoms with van der Waals surface area (Å²) in [5.41, 5.74) is 2.06. The highest BCUT2D eigenvalue weighted by molar-refractivity contribution is 5.86. The van der Waals surface area contributed by atoms with E-state index in [1.54, 1.807) is 12.5 Å². The molecule has 2 aromatic rings. The molecule has 0 aliphatic heterocycles. The van der Waals surface area contributed by atoms with Crippen LogP contribution in [0.2, 0.25) is 0 Å². The van der Waals surface area contributed by atoms with Gasteiger partial charge in [0.15, 0.2) is 0 Å². The molecular weight excluding hydrogens is 190 g/mol. The third-order valence-corrected chi connectivity index (χ3v) is 2.12. The van der Waals surface area contributed by atoms with Crippen LogP contribution in [0.5, 0.6) is 0 Å². The molecular formula is C11H11N3O. The normalized spacial score (nSPS) is 10.1. The zero-order valence-corrected chi connectivity index (χ0v) is 8.18. The third kappa shape index (κ3) is 2.04. The van der Waals surface area contributed by atoms with Crippen LogP contribution >= 0.6 is 0 Å². The Morgan fingerprint density at radius 2 is 2.47 bits per heavy atom. The zero-order valence-electron chi connectivity index (χ0n) is 8.18. The smallest absolute Gasteiger partial charge is 0.243 e. The summed E-state index contributed by atoms with van der Waals surface area (Å²) in [4.78, 5) is 15.0. The number of nitrogens with zero attached hydrogens (tertiary/aromatic N) is 2. The molecule has 0 fully saturated rings. The lowest BCUT2D eigenvalue weighted by Gasteiger charge is -2.03. The molecule has 4 heteroatoms. The monoisotopic (exact) mass is 201 g/mol. The van der Waals surface area contributed by atoms with E-state index in [1.807, 2.05) is 22.7 Å². The van der Waals surface area contributed by atoms with E-state index in [0.717, 1.165) is 11.1 Å². The minimum Gasteiger partial charge on any atom is -0.348 e. The summed E-state index contributed by atoms with van der Waals surface area (Å²) in [5.74, 6) is -0.166. The predicted octanol–water partition coefficient (Wildman–Crippen LogP) is 1.14. The zero-order chi connectivity index (χ0) is 10.7. The van der Waals surface area contributed by atoms with Gasteiger partial charge in [0.05, 0.1) is 18.0 Å². The Morgan fingerprint density at radius 3 is 3.27 bits per heavy atom. The Hall–Kier alpha value is -2.10. The first-order valence-electron chi connectivity index (χ1n) is 4.60. The molecule has 0 saturated heterocycles. The number of rotatable bonds is 3. The van der Waals surface area contributed by atoms with E-state index in [4.69, 9.17) is 0 Å². The van der Waals surface area contributed by atoms with E-state index < -0.39 is 0 Å². The Balaban J connectivity index is 2.14. The van der Waals surface area contributed by atoms with E-state index >= 15 is 0 Å². The quantitative estimate of drug-likeness (QED) is 0.757. The van der Waals surface area contributed by atoms with Gasteiger partial charge in [0, 0.05) is 12.7 Å². The number of hydrogen-bond acceptors (Lipinski definition) is 2. The number of nitrogens with one attached hydrogen (secondary N) is 1. The topological polar surface area (TPSA) is 46.4 Å². The lowest BCUT2D eigenvalue weighted by molar-refractivity contribution is -0.116. The summed E-state index contributed by atoms with van der Waals surface area (Å²) in [6.07, 6.45) is 6.71. The maximum Gasteiger partial charge on any atom is 0.243 e. The van der Waals surface area contributed by atoms with Crippen LogP contribution in [-0.4, -0.2) is 15.3 Å². The first-order valence-corrected chi connectivity index (χ1v) is 4.60. The minimum absolute atomic E-state index is 0.166. The summed E-state index contributed by atoms with van der Waals surface area (Å²) >= 11 is 0. The molecule has 0 atom stereocenters. The number of carbonyl (C=O) groups excluding carboxylic acids is 1. The van der Waals surface area contributed by atoms with Gasteiger partial charge < -0.3 is 9.72 Å². The van der Waals surface area contributed by atoms with Crippen molar-refractivity contribution in [2.45, 2.75) is 6.54 Å². The molecule has 0 bridgehead atoms. The molecule has 2 heterocycles. The van der Waals surface area contributed by atoms with E-state index in [-0.39, 0.29) is 5.91 Å². The van der Waals surface area contributed by atoms with Gasteiger partial charge in [-0.05, 0) is 17.7 Å². The molecule has 2 rings (SSSR count). The molecule has 0 unspecified atom stereocenters. The van der Waals surface area contributed by atoms with Crippen LogP contribution in [0.1, 0.15) is 5.56 Å². The number of amides is 1. The molecule has 0 saturated carbocycles. The van der Waals surface area contributed by atoms with Crippen molar-refractivity contribution in [1.29, 1.82) is 0 Å². The molecule has 4 nitrogen and oxygen atoms in total. The molecule has 0 aromatic carbocycles. The van der Waals surface area contributed by atoms with E-state index in [9.17, 15) is 4.79 Å². The fourth-order valence-corrected chi connectivity index (χ4v) is 1.33. The first kappa shape index (κ1) is 9.45. The van der Waals surface area contributed by atoms with Gasteiger partial charge >= 0.3 is 0 Å². The van der Waals surface area contributed by atoms with Crippen molar-refractivity contribution in [3.63, 3.8) is 0 Å². The average Bonchev–Trinajstić information content (AvgIpc) is 2.72. The van der Waals surface area contributed by atoms with Crippen LogP contribution in [0.3, 0.4) is 0 Å². The lowest BCUT2D eigenvalue weighted by Crippen LogP contribution is -2.20. The Kier molecular flexibility index (Phi) is 2.49. The summed E-state index contributed by atoms with van der Waals surface area (Å²) in [7, 11) is 0. The number of imidazole rings is 1. The van der Waals surface area contributed by atoms with Gasteiger partial charge in [0.25, 0.3) is 0 Å². The van der Waals surface area contributed by atoms with Crippen LogP contribution in [-0.2, 0) is 11.3 Å². The second kappa shape index (κ2) is 3.96. The summed E-state index contributed by atoms with van der Waals surface area (Å²) in [5, 5.41) is 2.71. The number of fused-ring (bicyclic) bond motifs is 1. The SMILES string of the molecule is C=CC(=O)NCc1ccc2cncn2c1. The van der Waals surface area contributed by atoms with Gasteiger partial charge in [-0.25, -0.2) is 4.98 Å². The number of pyridine rings is 1. The molecule has 2 aromatic heterocycles. The molecule has 0 spiro atoms. The van der Waals surface area contributed by atoms with Gasteiger partial charge in [-0.1, -0.05) is 12.6 Å². The van der Waals surface area contributed by atoms with Crippen molar-refractivity contribution in [3.05, 3.63) is 49.1 Å². The molecule has 76 valence electrons. The molecule has 0 aliphatic rings. The second-order valence-corrected chi connectivity index (χ2v) is 3.19. The minimum atomic E-state index is -0.166. The highest BCUT2D eigenvalue weighted by atomic mass is 16.1. The average molecular weight is 201 g/mol. The van der Waals surface area contributed by atoms with Gasteiger partial charge in [-0.3, -0.25) is 4.79 Å². The van der Waals surface area contributed by atoms with Crippen molar-refractivity contribution in [3.8, 4) is 0 Å². The van der Waals surface area contributed by atoms with Gasteiger partial charge in [-0.2, -0.15) is 0 Å². The molecule has 1 N–H and O–H groups in total. The van der Waals surface area contributed by atoms with Crippen molar-refractivity contribution < 1.29 is 4.79 Å². The second-order valence-electron chi connectivity index (χ2n) is 3.19. The molecule has 0 radical (unpaired) electrons. The fourth-order valence-electron chi connectivity index (χ4n) is 1.33. The fraction of sp³-hybridized carbons (Fsp3) is 0.0909. The molecule has 1 amide bonds. The van der Waals surface area contributed by atoms with Crippen molar-refractivity contribution in [1.82, 2.24) is 14.7 Å². The van der Waals surface area contributed by atoms with Gasteiger partial charge in [0.2, 0.25) is 5.91 Å². The van der Waals surface area contributed by atoms with Crippen LogP contribution in [0.4, 0.5) is 0 Å². The third-order valence-electron chi connectivity index (χ3n) is 2.12. The lowest BCUT2D eigenvalue weighted by atomic mass is 10.2. The van der Waals surface area contributed by atoms with Gasteiger partial charge in [-0.15, -0.1) is 0 Å². The van der Waals surface area contributed by atoms with Crippen molar-refractivity contribution in [2.75, 3.05) is 0 Å². The van der Waals surface area contributed by atoms with Crippen LogP contribution in [0, 0.1) is 0 Å². The number of aromatic nitrogens is 2. The van der Waals surface area contributed by atoms with Crippen molar-refractivity contribution >= 4 is 11.4 Å². The molecule has 15 heavy (non-hydrogen) atoms. The predicted molar refractivity (Wildman–Crippen MR) is 57.2 cm³/mol. The van der Waals surface area contributed by atoms with Gasteiger partial charge in [0.1, 0.15) is 0 Å². The Bertz CT molecular complexity index is 501.